The molecule has 35 heavy (non-hydrogen) atoms. The second kappa shape index (κ2) is 8.33. The highest BCUT2D eigenvalue weighted by atomic mass is 32.2. The number of rotatable bonds is 6. The van der Waals surface area contributed by atoms with Gasteiger partial charge in [0, 0.05) is 42.5 Å². The maximum Gasteiger partial charge on any atom is 0.274 e. The Balaban J connectivity index is 1.71. The Morgan fingerprint density at radius 2 is 2.06 bits per heavy atom. The molecule has 4 N–H and O–H groups in total. The van der Waals surface area contributed by atoms with E-state index in [4.69, 9.17) is 9.88 Å². The Labute approximate surface area is 204 Å². The number of thiophene rings is 1. The number of aryl methyl sites for hydroxylation is 3. The van der Waals surface area contributed by atoms with E-state index in [0.29, 0.717) is 27.3 Å². The number of fused-ring (bicyclic) bond motifs is 1. The topological polar surface area (TPSA) is 149 Å². The van der Waals surface area contributed by atoms with Crippen LogP contribution in [0.2, 0.25) is 0 Å². The van der Waals surface area contributed by atoms with Crippen molar-refractivity contribution in [3.8, 4) is 21.9 Å². The van der Waals surface area contributed by atoms with Gasteiger partial charge in [0.1, 0.15) is 21.2 Å². The third-order valence-electron chi connectivity index (χ3n) is 5.81. The van der Waals surface area contributed by atoms with Crippen molar-refractivity contribution in [2.75, 3.05) is 0 Å². The molecule has 4 aromatic heterocycles. The number of primary sulfonamides is 1. The fraction of sp³-hybridized carbons (Fsp3) is 0.261. The standard InChI is InChI=1S/C23H23N5O5S2/c1-11-6-7-25-12(2)20(11)33-17-9-18(35(24,31)32)34-21(17)15-10-28(3)23(30)19-14(15)8-16(27-19)22(29)26-13-4-5-13/h6-10,13,27H,4-5H2,1-3H3,(H,26,29)(H2,24,31,32). The number of aromatic amines is 1. The Kier molecular flexibility index (Phi) is 5.54. The normalized spacial score (nSPS) is 13.8. The molecule has 1 amide bonds. The molecule has 10 nitrogen and oxygen atoms in total. The molecule has 0 unspecified atom stereocenters. The molecule has 0 aliphatic heterocycles. The van der Waals surface area contributed by atoms with E-state index in [-0.39, 0.29) is 38.7 Å². The van der Waals surface area contributed by atoms with Crippen LogP contribution in [0, 0.1) is 13.8 Å². The molecule has 1 saturated carbocycles. The van der Waals surface area contributed by atoms with Crippen LogP contribution in [0.1, 0.15) is 34.6 Å². The summed E-state index contributed by atoms with van der Waals surface area (Å²) in [6, 6.07) is 4.91. The van der Waals surface area contributed by atoms with Gasteiger partial charge in [0.25, 0.3) is 11.5 Å². The fourth-order valence-corrected chi connectivity index (χ4v) is 5.66. The average molecular weight is 514 g/mol. The van der Waals surface area contributed by atoms with Crippen molar-refractivity contribution in [2.24, 2.45) is 12.2 Å². The summed E-state index contributed by atoms with van der Waals surface area (Å²) in [5.74, 6) is 0.446. The number of carbonyl (C=O) groups excluding carboxylic acids is 1. The number of ether oxygens (including phenoxy) is 1. The molecule has 0 bridgehead atoms. The zero-order valence-electron chi connectivity index (χ0n) is 19.2. The number of hydrogen-bond acceptors (Lipinski definition) is 7. The van der Waals surface area contributed by atoms with Crippen molar-refractivity contribution in [1.29, 1.82) is 0 Å². The van der Waals surface area contributed by atoms with Crippen LogP contribution in [0.3, 0.4) is 0 Å². The number of sulfonamides is 1. The average Bonchev–Trinajstić information content (AvgIpc) is 3.31. The molecule has 182 valence electrons. The minimum atomic E-state index is -4.03. The van der Waals surface area contributed by atoms with Crippen molar-refractivity contribution < 1.29 is 17.9 Å². The van der Waals surface area contributed by atoms with Gasteiger partial charge in [-0.15, -0.1) is 11.3 Å². The number of pyridine rings is 2. The van der Waals surface area contributed by atoms with Gasteiger partial charge in [-0.1, -0.05) is 0 Å². The highest BCUT2D eigenvalue weighted by molar-refractivity contribution is 7.91. The Morgan fingerprint density at radius 1 is 1.31 bits per heavy atom. The Bertz CT molecular complexity index is 1640. The number of carbonyl (C=O) groups is 1. The van der Waals surface area contributed by atoms with Crippen molar-refractivity contribution in [1.82, 2.24) is 19.9 Å². The number of H-pyrrole nitrogens is 1. The second-order valence-corrected chi connectivity index (χ2v) is 11.5. The van der Waals surface area contributed by atoms with E-state index in [1.54, 1.807) is 38.5 Å². The molecule has 1 fully saturated rings. The summed E-state index contributed by atoms with van der Waals surface area (Å²) in [5, 5.41) is 8.81. The number of nitrogens with zero attached hydrogens (tertiary/aromatic N) is 2. The predicted molar refractivity (Wildman–Crippen MR) is 132 cm³/mol. The third-order valence-corrected chi connectivity index (χ3v) is 8.38. The van der Waals surface area contributed by atoms with Gasteiger partial charge in [0.15, 0.2) is 5.75 Å². The number of nitrogens with one attached hydrogen (secondary N) is 2. The van der Waals surface area contributed by atoms with Gasteiger partial charge in [-0.05, 0) is 44.4 Å². The van der Waals surface area contributed by atoms with Crippen LogP contribution in [0.25, 0.3) is 21.3 Å². The van der Waals surface area contributed by atoms with Gasteiger partial charge < -0.3 is 19.6 Å². The van der Waals surface area contributed by atoms with Gasteiger partial charge >= 0.3 is 0 Å². The van der Waals surface area contributed by atoms with Crippen LogP contribution < -0.4 is 20.8 Å². The molecule has 5 rings (SSSR count). The molecule has 0 aromatic carbocycles. The van der Waals surface area contributed by atoms with Crippen molar-refractivity contribution in [3.05, 3.63) is 57.9 Å². The quantitative estimate of drug-likeness (QED) is 0.361. The highest BCUT2D eigenvalue weighted by Gasteiger charge is 2.27. The fourth-order valence-electron chi connectivity index (χ4n) is 3.83. The van der Waals surface area contributed by atoms with E-state index < -0.39 is 10.0 Å². The van der Waals surface area contributed by atoms with Gasteiger partial charge in [-0.3, -0.25) is 14.6 Å². The number of aromatic nitrogens is 3. The third kappa shape index (κ3) is 4.35. The molecule has 1 aliphatic carbocycles. The van der Waals surface area contributed by atoms with Crippen molar-refractivity contribution >= 4 is 38.2 Å². The van der Waals surface area contributed by atoms with Crippen LogP contribution >= 0.6 is 11.3 Å². The zero-order chi connectivity index (χ0) is 25.1. The minimum absolute atomic E-state index is 0.0917. The maximum atomic E-state index is 12.9. The minimum Gasteiger partial charge on any atom is -0.454 e. The van der Waals surface area contributed by atoms with Gasteiger partial charge in [0.2, 0.25) is 10.0 Å². The zero-order valence-corrected chi connectivity index (χ0v) is 20.8. The highest BCUT2D eigenvalue weighted by Crippen LogP contribution is 2.45. The van der Waals surface area contributed by atoms with E-state index in [0.717, 1.165) is 29.7 Å². The summed E-state index contributed by atoms with van der Waals surface area (Å²) >= 11 is 0.930. The van der Waals surface area contributed by atoms with Crippen molar-refractivity contribution in [2.45, 2.75) is 36.9 Å². The van der Waals surface area contributed by atoms with Gasteiger partial charge in [0.05, 0.1) is 10.6 Å². The summed E-state index contributed by atoms with van der Waals surface area (Å²) in [7, 11) is -2.45. The maximum absolute atomic E-state index is 12.9. The SMILES string of the molecule is Cc1ccnc(C)c1Oc1cc(S(N)(=O)=O)sc1-c1cn(C)c(=O)c2[nH]c(C(=O)NC3CC3)cc12. The summed E-state index contributed by atoms with van der Waals surface area (Å²) in [4.78, 5) is 33.2. The van der Waals surface area contributed by atoms with Crippen LogP contribution in [0.4, 0.5) is 0 Å². The summed E-state index contributed by atoms with van der Waals surface area (Å²) < 4.78 is 31.9. The lowest BCUT2D eigenvalue weighted by Gasteiger charge is -2.12. The predicted octanol–water partition coefficient (Wildman–Crippen LogP) is 2.94. The molecular weight excluding hydrogens is 490 g/mol. The van der Waals surface area contributed by atoms with Crippen LogP contribution in [-0.2, 0) is 17.1 Å². The van der Waals surface area contributed by atoms with E-state index in [2.05, 4.69) is 15.3 Å². The molecule has 0 atom stereocenters. The lowest BCUT2D eigenvalue weighted by molar-refractivity contribution is 0.0947. The largest absolute Gasteiger partial charge is 0.454 e. The summed E-state index contributed by atoms with van der Waals surface area (Å²) in [6.45, 7) is 3.65. The number of amides is 1. The first kappa shape index (κ1) is 23.3. The molecule has 4 heterocycles. The van der Waals surface area contributed by atoms with Crippen LogP contribution in [0.15, 0.2) is 39.6 Å². The molecule has 0 radical (unpaired) electrons. The molecule has 1 aliphatic rings. The first-order valence-electron chi connectivity index (χ1n) is 10.8. The van der Waals surface area contributed by atoms with E-state index in [1.807, 2.05) is 6.92 Å². The van der Waals surface area contributed by atoms with Gasteiger partial charge in [-0.2, -0.15) is 0 Å². The smallest absolute Gasteiger partial charge is 0.274 e. The van der Waals surface area contributed by atoms with E-state index in [1.165, 1.54) is 10.6 Å². The molecule has 12 heteroatoms. The molecular formula is C23H23N5O5S2. The second-order valence-electron chi connectivity index (χ2n) is 8.63. The lowest BCUT2D eigenvalue weighted by atomic mass is 10.1. The van der Waals surface area contributed by atoms with Gasteiger partial charge in [-0.25, -0.2) is 13.6 Å². The first-order chi connectivity index (χ1) is 16.5. The first-order valence-corrected chi connectivity index (χ1v) is 13.2. The number of nitrogens with two attached hydrogens (primary N) is 1. The summed E-state index contributed by atoms with van der Waals surface area (Å²) in [5.41, 5.74) is 2.14. The lowest BCUT2D eigenvalue weighted by Crippen LogP contribution is -2.25. The van der Waals surface area contributed by atoms with Crippen LogP contribution in [-0.4, -0.2) is 34.9 Å². The van der Waals surface area contributed by atoms with E-state index in [9.17, 15) is 18.0 Å². The number of hydrogen-bond donors (Lipinski definition) is 3. The Hall–Kier alpha value is -3.48. The molecule has 0 spiro atoms. The Morgan fingerprint density at radius 3 is 2.71 bits per heavy atom. The summed E-state index contributed by atoms with van der Waals surface area (Å²) in [6.07, 6.45) is 5.11. The monoisotopic (exact) mass is 513 g/mol. The molecule has 0 saturated heterocycles. The van der Waals surface area contributed by atoms with E-state index >= 15 is 0 Å². The van der Waals surface area contributed by atoms with Crippen molar-refractivity contribution in [3.63, 3.8) is 0 Å². The molecule has 4 aromatic rings. The van der Waals surface area contributed by atoms with Crippen LogP contribution in [0.5, 0.6) is 11.5 Å².